The minimum absolute atomic E-state index is 0.627. The van der Waals surface area contributed by atoms with Crippen LogP contribution in [0.15, 0.2) is 49.1 Å². The predicted molar refractivity (Wildman–Crippen MR) is 48.3 cm³/mol. The van der Waals surface area contributed by atoms with Gasteiger partial charge in [-0.2, -0.15) is 0 Å². The van der Waals surface area contributed by atoms with Crippen LogP contribution in [0.1, 0.15) is 6.42 Å². The van der Waals surface area contributed by atoms with Gasteiger partial charge in [-0.15, -0.1) is 6.58 Å². The molecule has 0 spiro atoms. The number of hydrogen-bond acceptors (Lipinski definition) is 1. The Hall–Kier alpha value is -1.37. The summed E-state index contributed by atoms with van der Waals surface area (Å²) in [6, 6.07) is 0. The highest BCUT2D eigenvalue weighted by molar-refractivity contribution is 5.77. The van der Waals surface area contributed by atoms with Crippen LogP contribution in [0.25, 0.3) is 0 Å². The number of aldehydes is 1. The molecule has 0 aromatic heterocycles. The fraction of sp³-hybridized carbons (Fsp3) is 0.100. The molecule has 0 saturated heterocycles. The molecule has 0 aliphatic heterocycles. The van der Waals surface area contributed by atoms with Gasteiger partial charge in [-0.1, -0.05) is 37.0 Å². The number of rotatable bonds is 5. The van der Waals surface area contributed by atoms with Crippen LogP contribution in [0.2, 0.25) is 0 Å². The van der Waals surface area contributed by atoms with E-state index in [9.17, 15) is 4.79 Å². The fourth-order valence-electron chi connectivity index (χ4n) is 0.571. The van der Waals surface area contributed by atoms with Crippen molar-refractivity contribution in [2.75, 3.05) is 0 Å². The van der Waals surface area contributed by atoms with Gasteiger partial charge in [-0.3, -0.25) is 4.79 Å². The summed E-state index contributed by atoms with van der Waals surface area (Å²) < 4.78 is 0. The van der Waals surface area contributed by atoms with Gasteiger partial charge in [0.2, 0.25) is 0 Å². The summed E-state index contributed by atoms with van der Waals surface area (Å²) in [5, 5.41) is 0. The minimum atomic E-state index is 0.627. The molecular formula is C10H12O. The molecule has 0 saturated carbocycles. The maximum absolute atomic E-state index is 10.3. The molecule has 0 aliphatic carbocycles. The third-order valence-electron chi connectivity index (χ3n) is 1.06. The first-order valence-electron chi connectivity index (χ1n) is 3.40. The molecule has 0 bridgehead atoms. The van der Waals surface area contributed by atoms with Crippen LogP contribution in [0.4, 0.5) is 0 Å². The Balaban J connectivity index is 4.06. The molecule has 11 heavy (non-hydrogen) atoms. The van der Waals surface area contributed by atoms with E-state index in [1.165, 1.54) is 0 Å². The van der Waals surface area contributed by atoms with Gasteiger partial charge in [-0.05, 0) is 6.42 Å². The summed E-state index contributed by atoms with van der Waals surface area (Å²) in [6.07, 6.45) is 10.2. The van der Waals surface area contributed by atoms with Crippen LogP contribution in [0.5, 0.6) is 0 Å². The van der Waals surface area contributed by atoms with Crippen LogP contribution < -0.4 is 0 Å². The SMILES string of the molecule is C=C/C=C(C=O)\C=C/CC=C. The Morgan fingerprint density at radius 2 is 2.09 bits per heavy atom. The summed E-state index contributed by atoms with van der Waals surface area (Å²) in [5.74, 6) is 0. The molecule has 0 fully saturated rings. The summed E-state index contributed by atoms with van der Waals surface area (Å²) in [4.78, 5) is 10.3. The van der Waals surface area contributed by atoms with Gasteiger partial charge in [0.05, 0.1) is 0 Å². The lowest BCUT2D eigenvalue weighted by atomic mass is 10.2. The Labute approximate surface area is 67.4 Å². The average Bonchev–Trinajstić information content (AvgIpc) is 2.03. The topological polar surface area (TPSA) is 17.1 Å². The highest BCUT2D eigenvalue weighted by atomic mass is 16.1. The normalized spacial score (nSPS) is 11.5. The molecule has 1 nitrogen and oxygen atoms in total. The molecule has 58 valence electrons. The van der Waals surface area contributed by atoms with Gasteiger partial charge in [0.25, 0.3) is 0 Å². The second kappa shape index (κ2) is 6.75. The van der Waals surface area contributed by atoms with Crippen molar-refractivity contribution in [2.45, 2.75) is 6.42 Å². The molecule has 0 heterocycles. The second-order valence-corrected chi connectivity index (χ2v) is 1.95. The Bertz CT molecular complexity index is 197. The molecule has 1 heteroatoms. The molecule has 0 unspecified atom stereocenters. The van der Waals surface area contributed by atoms with Gasteiger partial charge in [0.15, 0.2) is 0 Å². The third kappa shape index (κ3) is 5.09. The molecule has 0 aliphatic rings. The van der Waals surface area contributed by atoms with Gasteiger partial charge in [0, 0.05) is 5.57 Å². The lowest BCUT2D eigenvalue weighted by Gasteiger charge is -1.84. The molecular weight excluding hydrogens is 136 g/mol. The van der Waals surface area contributed by atoms with E-state index in [0.29, 0.717) is 5.57 Å². The molecule has 0 radical (unpaired) electrons. The molecule has 0 rings (SSSR count). The third-order valence-corrected chi connectivity index (χ3v) is 1.06. The quantitative estimate of drug-likeness (QED) is 0.253. The monoisotopic (exact) mass is 148 g/mol. The second-order valence-electron chi connectivity index (χ2n) is 1.95. The maximum Gasteiger partial charge on any atom is 0.150 e. The van der Waals surface area contributed by atoms with Crippen molar-refractivity contribution in [2.24, 2.45) is 0 Å². The van der Waals surface area contributed by atoms with Gasteiger partial charge in [-0.25, -0.2) is 0 Å². The first kappa shape index (κ1) is 9.63. The lowest BCUT2D eigenvalue weighted by Crippen LogP contribution is -1.76. The van der Waals surface area contributed by atoms with Crippen LogP contribution >= 0.6 is 0 Å². The number of hydrogen-bond donors (Lipinski definition) is 0. The largest absolute Gasteiger partial charge is 0.298 e. The van der Waals surface area contributed by atoms with Crippen molar-refractivity contribution in [3.8, 4) is 0 Å². The summed E-state index contributed by atoms with van der Waals surface area (Å²) in [7, 11) is 0. The average molecular weight is 148 g/mol. The smallest absolute Gasteiger partial charge is 0.150 e. The van der Waals surface area contributed by atoms with Crippen LogP contribution in [0.3, 0.4) is 0 Å². The number of carbonyl (C=O) groups is 1. The highest BCUT2D eigenvalue weighted by Gasteiger charge is 1.82. The molecule has 0 atom stereocenters. The number of carbonyl (C=O) groups excluding carboxylic acids is 1. The van der Waals surface area contributed by atoms with Crippen molar-refractivity contribution >= 4 is 6.29 Å². The van der Waals surface area contributed by atoms with E-state index < -0.39 is 0 Å². The van der Waals surface area contributed by atoms with Crippen LogP contribution in [-0.2, 0) is 4.79 Å². The van der Waals surface area contributed by atoms with Gasteiger partial charge >= 0.3 is 0 Å². The zero-order valence-electron chi connectivity index (χ0n) is 6.49. The maximum atomic E-state index is 10.3. The van der Waals surface area contributed by atoms with Crippen molar-refractivity contribution in [3.05, 3.63) is 49.1 Å². The van der Waals surface area contributed by atoms with E-state index in [2.05, 4.69) is 13.2 Å². The minimum Gasteiger partial charge on any atom is -0.298 e. The Kier molecular flexibility index (Phi) is 5.91. The van der Waals surface area contributed by atoms with E-state index in [1.807, 2.05) is 6.08 Å². The molecule has 0 aromatic carbocycles. The zero-order chi connectivity index (χ0) is 8.53. The zero-order valence-corrected chi connectivity index (χ0v) is 6.49. The standard InChI is InChI=1S/C10H12O/c1-3-5-6-8-10(9-11)7-4-2/h3-4,6-9H,1-2,5H2/b8-6-,10-7+. The Morgan fingerprint density at radius 3 is 2.55 bits per heavy atom. The summed E-state index contributed by atoms with van der Waals surface area (Å²) >= 11 is 0. The van der Waals surface area contributed by atoms with Crippen molar-refractivity contribution in [1.82, 2.24) is 0 Å². The van der Waals surface area contributed by atoms with E-state index in [1.54, 1.807) is 24.3 Å². The van der Waals surface area contributed by atoms with E-state index in [0.717, 1.165) is 12.7 Å². The predicted octanol–water partition coefficient (Wildman–Crippen LogP) is 2.43. The van der Waals surface area contributed by atoms with Gasteiger partial charge in [0.1, 0.15) is 6.29 Å². The number of allylic oxidation sites excluding steroid dienone is 6. The molecule has 0 N–H and O–H groups in total. The van der Waals surface area contributed by atoms with E-state index in [-0.39, 0.29) is 0 Å². The highest BCUT2D eigenvalue weighted by Crippen LogP contribution is 1.94. The van der Waals surface area contributed by atoms with Crippen molar-refractivity contribution in [3.63, 3.8) is 0 Å². The van der Waals surface area contributed by atoms with Crippen LogP contribution in [0, 0.1) is 0 Å². The van der Waals surface area contributed by atoms with E-state index in [4.69, 9.17) is 0 Å². The Morgan fingerprint density at radius 1 is 1.36 bits per heavy atom. The van der Waals surface area contributed by atoms with Crippen molar-refractivity contribution < 1.29 is 4.79 Å². The molecule has 0 aromatic rings. The first-order chi connectivity index (χ1) is 5.35. The first-order valence-corrected chi connectivity index (χ1v) is 3.40. The van der Waals surface area contributed by atoms with Crippen molar-refractivity contribution in [1.29, 1.82) is 0 Å². The van der Waals surface area contributed by atoms with Crippen LogP contribution in [-0.4, -0.2) is 6.29 Å². The van der Waals surface area contributed by atoms with Gasteiger partial charge < -0.3 is 0 Å². The fourth-order valence-corrected chi connectivity index (χ4v) is 0.571. The molecule has 0 amide bonds. The summed E-state index contributed by atoms with van der Waals surface area (Å²) in [6.45, 7) is 7.04. The summed E-state index contributed by atoms with van der Waals surface area (Å²) in [5.41, 5.74) is 0.627. The van der Waals surface area contributed by atoms with E-state index >= 15 is 0 Å². The lowest BCUT2D eigenvalue weighted by molar-refractivity contribution is -0.104.